The van der Waals surface area contributed by atoms with Gasteiger partial charge in [-0.2, -0.15) is 0 Å². The SMILES string of the molecule is CNC(=O)c1ccc(NC(=O)c2cc(-c3cn4ccnc4c(Nc4ccc(OC)c(OC)c4)n3)ccn2)cc1. The van der Waals surface area contributed by atoms with E-state index < -0.39 is 5.91 Å². The molecule has 39 heavy (non-hydrogen) atoms. The lowest BCUT2D eigenvalue weighted by atomic mass is 10.1. The lowest BCUT2D eigenvalue weighted by Crippen LogP contribution is -2.18. The Morgan fingerprint density at radius 3 is 2.36 bits per heavy atom. The highest BCUT2D eigenvalue weighted by molar-refractivity contribution is 6.04. The molecule has 196 valence electrons. The highest BCUT2D eigenvalue weighted by atomic mass is 16.5. The van der Waals surface area contributed by atoms with Gasteiger partial charge in [-0.25, -0.2) is 9.97 Å². The van der Waals surface area contributed by atoms with E-state index >= 15 is 0 Å². The average molecular weight is 524 g/mol. The topological polar surface area (TPSA) is 132 Å². The Morgan fingerprint density at radius 2 is 1.62 bits per heavy atom. The van der Waals surface area contributed by atoms with Crippen LogP contribution < -0.4 is 25.4 Å². The molecule has 11 heteroatoms. The number of hydrogen-bond donors (Lipinski definition) is 3. The van der Waals surface area contributed by atoms with Crippen molar-refractivity contribution in [1.29, 1.82) is 0 Å². The minimum Gasteiger partial charge on any atom is -0.493 e. The molecule has 11 nitrogen and oxygen atoms in total. The smallest absolute Gasteiger partial charge is 0.274 e. The van der Waals surface area contributed by atoms with Gasteiger partial charge >= 0.3 is 0 Å². The molecule has 0 bridgehead atoms. The summed E-state index contributed by atoms with van der Waals surface area (Å²) in [6.07, 6.45) is 6.88. The van der Waals surface area contributed by atoms with Crippen molar-refractivity contribution >= 4 is 34.7 Å². The minimum absolute atomic E-state index is 0.204. The van der Waals surface area contributed by atoms with Gasteiger partial charge in [-0.1, -0.05) is 0 Å². The number of fused-ring (bicyclic) bond motifs is 1. The number of rotatable bonds is 8. The second-order valence-corrected chi connectivity index (χ2v) is 8.37. The van der Waals surface area contributed by atoms with E-state index in [4.69, 9.17) is 14.5 Å². The Hall–Kier alpha value is -5.45. The molecular formula is C28H25N7O4. The van der Waals surface area contributed by atoms with Gasteiger partial charge in [0.15, 0.2) is 23.0 Å². The molecule has 0 unspecified atom stereocenters. The maximum atomic E-state index is 12.9. The summed E-state index contributed by atoms with van der Waals surface area (Å²) in [7, 11) is 4.71. The third-order valence-corrected chi connectivity index (χ3v) is 5.94. The molecule has 2 aromatic carbocycles. The second kappa shape index (κ2) is 10.9. The summed E-state index contributed by atoms with van der Waals surface area (Å²) >= 11 is 0. The first kappa shape index (κ1) is 25.2. The van der Waals surface area contributed by atoms with E-state index in [1.54, 1.807) is 76.1 Å². The van der Waals surface area contributed by atoms with Crippen LogP contribution in [0.3, 0.4) is 0 Å². The maximum Gasteiger partial charge on any atom is 0.274 e. The number of amides is 2. The lowest BCUT2D eigenvalue weighted by Gasteiger charge is -2.13. The van der Waals surface area contributed by atoms with E-state index in [0.29, 0.717) is 45.5 Å². The zero-order valence-electron chi connectivity index (χ0n) is 21.4. The predicted octanol–water partition coefficient (Wildman–Crippen LogP) is 4.16. The molecule has 0 saturated carbocycles. The van der Waals surface area contributed by atoms with Gasteiger partial charge in [0.2, 0.25) is 0 Å². The molecule has 0 radical (unpaired) electrons. The number of imidazole rings is 1. The number of carbonyl (C=O) groups is 2. The fourth-order valence-corrected chi connectivity index (χ4v) is 3.96. The molecule has 0 fully saturated rings. The molecule has 0 atom stereocenters. The number of hydrogen-bond acceptors (Lipinski definition) is 8. The minimum atomic E-state index is -0.392. The van der Waals surface area contributed by atoms with Crippen molar-refractivity contribution in [1.82, 2.24) is 24.7 Å². The Labute approximate surface area is 223 Å². The van der Waals surface area contributed by atoms with Gasteiger partial charge in [-0.15, -0.1) is 0 Å². The third-order valence-electron chi connectivity index (χ3n) is 5.94. The van der Waals surface area contributed by atoms with E-state index in [2.05, 4.69) is 25.9 Å². The number of carbonyl (C=O) groups excluding carboxylic acids is 2. The maximum absolute atomic E-state index is 12.9. The zero-order valence-corrected chi connectivity index (χ0v) is 21.4. The fourth-order valence-electron chi connectivity index (χ4n) is 3.96. The van der Waals surface area contributed by atoms with Crippen LogP contribution in [-0.4, -0.2) is 52.4 Å². The number of ether oxygens (including phenoxy) is 2. The van der Waals surface area contributed by atoms with Crippen LogP contribution >= 0.6 is 0 Å². The first-order chi connectivity index (χ1) is 19.0. The quantitative estimate of drug-likeness (QED) is 0.276. The largest absolute Gasteiger partial charge is 0.493 e. The first-order valence-corrected chi connectivity index (χ1v) is 11.9. The zero-order chi connectivity index (χ0) is 27.4. The Bertz CT molecular complexity index is 1660. The van der Waals surface area contributed by atoms with Crippen LogP contribution in [0.1, 0.15) is 20.8 Å². The lowest BCUT2D eigenvalue weighted by molar-refractivity contribution is 0.0962. The van der Waals surface area contributed by atoms with E-state index in [1.165, 1.54) is 0 Å². The molecule has 0 aliphatic rings. The molecule has 0 saturated heterocycles. The third kappa shape index (κ3) is 5.32. The standard InChI is InChI=1S/C28H25N7O4/c1-29-27(36)17-4-6-19(7-5-17)33-28(37)21-14-18(10-11-30-21)22-16-35-13-12-31-26(35)25(34-22)32-20-8-9-23(38-2)24(15-20)39-3/h4-16H,1-3H3,(H,29,36)(H,32,34)(H,33,37). The normalized spacial score (nSPS) is 10.6. The molecular weight excluding hydrogens is 498 g/mol. The van der Waals surface area contributed by atoms with Crippen LogP contribution in [0.4, 0.5) is 17.2 Å². The summed E-state index contributed by atoms with van der Waals surface area (Å²) in [5, 5.41) is 8.67. The first-order valence-electron chi connectivity index (χ1n) is 11.9. The molecule has 0 spiro atoms. The molecule has 5 rings (SSSR count). The fraction of sp³-hybridized carbons (Fsp3) is 0.107. The van der Waals surface area contributed by atoms with Crippen molar-refractivity contribution in [3.05, 3.63) is 90.6 Å². The van der Waals surface area contributed by atoms with Crippen molar-refractivity contribution in [2.45, 2.75) is 0 Å². The van der Waals surface area contributed by atoms with Crippen LogP contribution in [0, 0.1) is 0 Å². The van der Waals surface area contributed by atoms with E-state index in [0.717, 1.165) is 5.69 Å². The summed E-state index contributed by atoms with van der Waals surface area (Å²) in [6.45, 7) is 0. The summed E-state index contributed by atoms with van der Waals surface area (Å²) in [6, 6.07) is 15.5. The predicted molar refractivity (Wildman–Crippen MR) is 147 cm³/mol. The van der Waals surface area contributed by atoms with Crippen molar-refractivity contribution in [2.24, 2.45) is 0 Å². The number of methoxy groups -OCH3 is 2. The van der Waals surface area contributed by atoms with Gasteiger partial charge in [0.1, 0.15) is 5.69 Å². The van der Waals surface area contributed by atoms with Crippen molar-refractivity contribution in [3.63, 3.8) is 0 Å². The number of anilines is 3. The van der Waals surface area contributed by atoms with Crippen molar-refractivity contribution in [3.8, 4) is 22.8 Å². The number of aromatic nitrogens is 4. The molecule has 3 heterocycles. The number of benzene rings is 2. The van der Waals surface area contributed by atoms with Gasteiger partial charge in [-0.3, -0.25) is 14.6 Å². The molecule has 0 aliphatic carbocycles. The summed E-state index contributed by atoms with van der Waals surface area (Å²) < 4.78 is 12.6. The van der Waals surface area contributed by atoms with Gasteiger partial charge in [0, 0.05) is 60.4 Å². The molecule has 2 amide bonds. The van der Waals surface area contributed by atoms with E-state index in [-0.39, 0.29) is 11.6 Å². The number of nitrogens with zero attached hydrogens (tertiary/aromatic N) is 4. The number of nitrogens with one attached hydrogen (secondary N) is 3. The van der Waals surface area contributed by atoms with Crippen LogP contribution in [0.15, 0.2) is 79.4 Å². The van der Waals surface area contributed by atoms with Gasteiger partial charge in [0.05, 0.1) is 19.9 Å². The van der Waals surface area contributed by atoms with Crippen LogP contribution in [0.5, 0.6) is 11.5 Å². The molecule has 3 N–H and O–H groups in total. The Balaban J connectivity index is 1.42. The van der Waals surface area contributed by atoms with E-state index in [1.807, 2.05) is 28.9 Å². The van der Waals surface area contributed by atoms with Crippen LogP contribution in [0.25, 0.3) is 16.9 Å². The number of pyridine rings is 1. The molecule has 3 aromatic heterocycles. The summed E-state index contributed by atoms with van der Waals surface area (Å²) in [4.78, 5) is 38.1. The Kier molecular flexibility index (Phi) is 7.04. The van der Waals surface area contributed by atoms with Crippen molar-refractivity contribution in [2.75, 3.05) is 31.9 Å². The second-order valence-electron chi connectivity index (χ2n) is 8.37. The summed E-state index contributed by atoms with van der Waals surface area (Å²) in [5.41, 5.74) is 3.91. The summed E-state index contributed by atoms with van der Waals surface area (Å²) in [5.74, 6) is 1.11. The highest BCUT2D eigenvalue weighted by Crippen LogP contribution is 2.32. The van der Waals surface area contributed by atoms with Crippen LogP contribution in [-0.2, 0) is 0 Å². The van der Waals surface area contributed by atoms with Gasteiger partial charge in [-0.05, 0) is 48.5 Å². The highest BCUT2D eigenvalue weighted by Gasteiger charge is 2.14. The van der Waals surface area contributed by atoms with E-state index in [9.17, 15) is 9.59 Å². The van der Waals surface area contributed by atoms with Gasteiger partial charge < -0.3 is 29.8 Å². The average Bonchev–Trinajstić information content (AvgIpc) is 3.46. The Morgan fingerprint density at radius 1 is 0.846 bits per heavy atom. The van der Waals surface area contributed by atoms with Crippen molar-refractivity contribution < 1.29 is 19.1 Å². The van der Waals surface area contributed by atoms with Crippen LogP contribution in [0.2, 0.25) is 0 Å². The monoisotopic (exact) mass is 523 g/mol. The molecule has 5 aromatic rings. The van der Waals surface area contributed by atoms with Gasteiger partial charge in [0.25, 0.3) is 11.8 Å². The molecule has 0 aliphatic heterocycles.